The van der Waals surface area contributed by atoms with Crippen molar-refractivity contribution in [3.63, 3.8) is 0 Å². The number of hydrogen-bond acceptors (Lipinski definition) is 3. The molecule has 0 radical (unpaired) electrons. The van der Waals surface area contributed by atoms with E-state index in [9.17, 15) is 4.79 Å². The third-order valence-corrected chi connectivity index (χ3v) is 4.71. The van der Waals surface area contributed by atoms with Gasteiger partial charge in [-0.3, -0.25) is 9.48 Å². The summed E-state index contributed by atoms with van der Waals surface area (Å²) in [6, 6.07) is 17.8. The van der Waals surface area contributed by atoms with Crippen LogP contribution in [0.1, 0.15) is 39.0 Å². The average Bonchev–Trinajstić information content (AvgIpc) is 3.07. The summed E-state index contributed by atoms with van der Waals surface area (Å²) in [5, 5.41) is 7.42. The Kier molecular flexibility index (Phi) is 4.31. The first-order valence-electron chi connectivity index (χ1n) is 8.72. The molecule has 5 heteroatoms. The number of hydrogen-bond donors (Lipinski definition) is 1. The number of anilines is 1. The maximum Gasteiger partial charge on any atom is 0.276 e. The molecule has 1 aromatic heterocycles. The predicted molar refractivity (Wildman–Crippen MR) is 100 cm³/mol. The number of nitrogens with zero attached hydrogens (tertiary/aromatic N) is 2. The molecule has 4 rings (SSSR count). The molecule has 0 aliphatic carbocycles. The van der Waals surface area contributed by atoms with Gasteiger partial charge in [0.25, 0.3) is 5.91 Å². The lowest BCUT2D eigenvalue weighted by atomic mass is 10.1. The van der Waals surface area contributed by atoms with Crippen LogP contribution in [0.2, 0.25) is 0 Å². The highest BCUT2D eigenvalue weighted by Crippen LogP contribution is 2.27. The summed E-state index contributed by atoms with van der Waals surface area (Å²) in [5.41, 5.74) is 5.51. The van der Waals surface area contributed by atoms with Crippen LogP contribution in [0.4, 0.5) is 5.69 Å². The summed E-state index contributed by atoms with van der Waals surface area (Å²) < 4.78 is 7.84. The van der Waals surface area contributed by atoms with Gasteiger partial charge in [-0.1, -0.05) is 48.0 Å². The Morgan fingerprint density at radius 2 is 1.92 bits per heavy atom. The van der Waals surface area contributed by atoms with Crippen LogP contribution in [-0.4, -0.2) is 15.7 Å². The van der Waals surface area contributed by atoms with Gasteiger partial charge in [0.2, 0.25) is 0 Å². The highest BCUT2D eigenvalue weighted by molar-refractivity contribution is 6.03. The number of rotatable bonds is 3. The van der Waals surface area contributed by atoms with Gasteiger partial charge < -0.3 is 10.1 Å². The minimum absolute atomic E-state index is 0.0460. The second kappa shape index (κ2) is 6.77. The minimum atomic E-state index is -0.201. The lowest BCUT2D eigenvalue weighted by Crippen LogP contribution is -2.22. The van der Waals surface area contributed by atoms with E-state index in [1.807, 2.05) is 35.9 Å². The van der Waals surface area contributed by atoms with Crippen LogP contribution >= 0.6 is 0 Å². The quantitative estimate of drug-likeness (QED) is 0.778. The Balaban J connectivity index is 1.51. The molecule has 26 heavy (non-hydrogen) atoms. The van der Waals surface area contributed by atoms with Crippen molar-refractivity contribution in [2.75, 3.05) is 5.32 Å². The van der Waals surface area contributed by atoms with Crippen LogP contribution in [0.25, 0.3) is 0 Å². The molecule has 0 spiro atoms. The molecule has 1 atom stereocenters. The number of fused-ring (bicyclic) bond motifs is 1. The van der Waals surface area contributed by atoms with E-state index in [1.165, 1.54) is 5.56 Å². The van der Waals surface area contributed by atoms with E-state index in [-0.39, 0.29) is 12.0 Å². The van der Waals surface area contributed by atoms with E-state index in [4.69, 9.17) is 4.74 Å². The molecule has 5 nitrogen and oxygen atoms in total. The van der Waals surface area contributed by atoms with Gasteiger partial charge in [0.05, 0.1) is 18.8 Å². The molecule has 2 heterocycles. The number of carbonyl (C=O) groups excluding carboxylic acids is 1. The number of benzene rings is 2. The van der Waals surface area contributed by atoms with Gasteiger partial charge in [-0.2, -0.15) is 5.10 Å². The van der Waals surface area contributed by atoms with Gasteiger partial charge in [0.15, 0.2) is 5.69 Å². The third kappa shape index (κ3) is 3.26. The maximum atomic E-state index is 12.5. The van der Waals surface area contributed by atoms with Crippen LogP contribution in [0.5, 0.6) is 0 Å². The van der Waals surface area contributed by atoms with Crippen molar-refractivity contribution in [3.8, 4) is 0 Å². The highest BCUT2D eigenvalue weighted by atomic mass is 16.5. The second-order valence-corrected chi connectivity index (χ2v) is 6.68. The molecule has 0 saturated carbocycles. The molecule has 3 aromatic rings. The zero-order chi connectivity index (χ0) is 18.1. The lowest BCUT2D eigenvalue weighted by molar-refractivity contribution is -0.00119. The molecule has 1 aliphatic heterocycles. The standard InChI is InChI=1S/C21H21N3O2/c1-14-7-9-16(10-8-14)20-12-24-17(13-26-20)11-19(23-24)21(25)22-18-6-4-3-5-15(18)2/h3-11,20H,12-13H2,1-2H3,(H,22,25). The molecular formula is C21H21N3O2. The van der Waals surface area contributed by atoms with Crippen molar-refractivity contribution in [1.29, 1.82) is 0 Å². The van der Waals surface area contributed by atoms with Crippen molar-refractivity contribution >= 4 is 11.6 Å². The van der Waals surface area contributed by atoms with E-state index in [1.54, 1.807) is 6.07 Å². The van der Waals surface area contributed by atoms with Gasteiger partial charge in [0.1, 0.15) is 6.10 Å². The van der Waals surface area contributed by atoms with Crippen molar-refractivity contribution in [3.05, 3.63) is 82.7 Å². The molecule has 0 fully saturated rings. The maximum absolute atomic E-state index is 12.5. The molecule has 0 saturated heterocycles. The number of para-hydroxylation sites is 1. The highest BCUT2D eigenvalue weighted by Gasteiger charge is 2.24. The topological polar surface area (TPSA) is 56.2 Å². The number of nitrogens with one attached hydrogen (secondary N) is 1. The largest absolute Gasteiger partial charge is 0.365 e. The zero-order valence-corrected chi connectivity index (χ0v) is 14.9. The van der Waals surface area contributed by atoms with Crippen LogP contribution in [0.15, 0.2) is 54.6 Å². The normalized spacial score (nSPS) is 16.2. The van der Waals surface area contributed by atoms with E-state index >= 15 is 0 Å². The minimum Gasteiger partial charge on any atom is -0.365 e. The van der Waals surface area contributed by atoms with Gasteiger partial charge in [-0.25, -0.2) is 0 Å². The first kappa shape index (κ1) is 16.5. The SMILES string of the molecule is Cc1ccc(C2Cn3nc(C(=O)Nc4ccccc4C)cc3CO2)cc1. The van der Waals surface area contributed by atoms with E-state index in [0.717, 1.165) is 22.5 Å². The summed E-state index contributed by atoms with van der Waals surface area (Å²) >= 11 is 0. The fraction of sp³-hybridized carbons (Fsp3) is 0.238. The number of aryl methyl sites for hydroxylation is 2. The van der Waals surface area contributed by atoms with E-state index in [0.29, 0.717) is 18.8 Å². The Bertz CT molecular complexity index is 944. The van der Waals surface area contributed by atoms with Gasteiger partial charge in [0, 0.05) is 5.69 Å². The summed E-state index contributed by atoms with van der Waals surface area (Å²) in [6.45, 7) is 5.09. The fourth-order valence-corrected chi connectivity index (χ4v) is 3.12. The summed E-state index contributed by atoms with van der Waals surface area (Å²) in [7, 11) is 0. The van der Waals surface area contributed by atoms with Gasteiger partial charge >= 0.3 is 0 Å². The average molecular weight is 347 g/mol. The molecule has 0 bridgehead atoms. The summed E-state index contributed by atoms with van der Waals surface area (Å²) in [4.78, 5) is 12.5. The lowest BCUT2D eigenvalue weighted by Gasteiger charge is -2.24. The Labute approximate surface area is 152 Å². The zero-order valence-electron chi connectivity index (χ0n) is 14.9. The van der Waals surface area contributed by atoms with Crippen molar-refractivity contribution < 1.29 is 9.53 Å². The number of aromatic nitrogens is 2. The van der Waals surface area contributed by atoms with Crippen molar-refractivity contribution in [1.82, 2.24) is 9.78 Å². The predicted octanol–water partition coefficient (Wildman–Crippen LogP) is 4.02. The molecule has 1 N–H and O–H groups in total. The second-order valence-electron chi connectivity index (χ2n) is 6.68. The van der Waals surface area contributed by atoms with Crippen molar-refractivity contribution in [2.24, 2.45) is 0 Å². The van der Waals surface area contributed by atoms with E-state index < -0.39 is 0 Å². The van der Waals surface area contributed by atoms with Crippen LogP contribution in [-0.2, 0) is 17.9 Å². The number of amides is 1. The molecular weight excluding hydrogens is 326 g/mol. The molecule has 2 aromatic carbocycles. The molecule has 1 aliphatic rings. The van der Waals surface area contributed by atoms with Gasteiger partial charge in [-0.15, -0.1) is 0 Å². The smallest absolute Gasteiger partial charge is 0.276 e. The molecule has 132 valence electrons. The van der Waals surface area contributed by atoms with Gasteiger partial charge in [-0.05, 0) is 37.1 Å². The molecule has 1 amide bonds. The molecule has 1 unspecified atom stereocenters. The first-order chi connectivity index (χ1) is 12.6. The number of ether oxygens (including phenoxy) is 1. The number of carbonyl (C=O) groups is 1. The Morgan fingerprint density at radius 1 is 1.15 bits per heavy atom. The monoisotopic (exact) mass is 347 g/mol. The summed E-state index contributed by atoms with van der Waals surface area (Å²) in [6.07, 6.45) is -0.0460. The van der Waals surface area contributed by atoms with E-state index in [2.05, 4.69) is 41.6 Å². The fourth-order valence-electron chi connectivity index (χ4n) is 3.12. The van der Waals surface area contributed by atoms with Crippen LogP contribution in [0, 0.1) is 13.8 Å². The first-order valence-corrected chi connectivity index (χ1v) is 8.72. The Hall–Kier alpha value is -2.92. The van der Waals surface area contributed by atoms with Crippen LogP contribution in [0.3, 0.4) is 0 Å². The Morgan fingerprint density at radius 3 is 2.69 bits per heavy atom. The van der Waals surface area contributed by atoms with Crippen molar-refractivity contribution in [2.45, 2.75) is 33.1 Å². The summed E-state index contributed by atoms with van der Waals surface area (Å²) in [5.74, 6) is -0.201. The van der Waals surface area contributed by atoms with Crippen LogP contribution < -0.4 is 5.32 Å². The third-order valence-electron chi connectivity index (χ3n) is 4.71.